The van der Waals surface area contributed by atoms with Gasteiger partial charge in [-0.05, 0) is 12.5 Å². The van der Waals surface area contributed by atoms with Gasteiger partial charge in [-0.2, -0.15) is 0 Å². The van der Waals surface area contributed by atoms with Gasteiger partial charge in [-0.15, -0.1) is 5.10 Å². The molecule has 0 spiro atoms. The van der Waals surface area contributed by atoms with Crippen molar-refractivity contribution in [1.82, 2.24) is 20.3 Å². The summed E-state index contributed by atoms with van der Waals surface area (Å²) < 4.78 is 1.63. The van der Waals surface area contributed by atoms with Crippen LogP contribution in [0.1, 0.15) is 23.5 Å². The Morgan fingerprint density at radius 1 is 1.71 bits per heavy atom. The molecule has 1 aliphatic rings. The molecule has 2 rings (SSSR count). The van der Waals surface area contributed by atoms with Crippen LogP contribution in [0.2, 0.25) is 0 Å². The highest BCUT2D eigenvalue weighted by molar-refractivity contribution is 5.84. The Morgan fingerprint density at radius 3 is 3.00 bits per heavy atom. The van der Waals surface area contributed by atoms with Gasteiger partial charge in [0.2, 0.25) is 0 Å². The number of aromatic nitrogens is 3. The van der Waals surface area contributed by atoms with E-state index in [1.807, 2.05) is 0 Å². The lowest BCUT2D eigenvalue weighted by Crippen LogP contribution is -2.16. The summed E-state index contributed by atoms with van der Waals surface area (Å²) in [7, 11) is 0. The van der Waals surface area contributed by atoms with Crippen molar-refractivity contribution >= 4 is 5.97 Å². The van der Waals surface area contributed by atoms with Crippen molar-refractivity contribution in [2.24, 2.45) is 5.92 Å². The summed E-state index contributed by atoms with van der Waals surface area (Å²) >= 11 is 0. The van der Waals surface area contributed by atoms with Crippen LogP contribution < -0.4 is 5.32 Å². The smallest absolute Gasteiger partial charge is 0.358 e. The SMILES string of the molecule is C[C@@H]1CNC[C@H]1n1cc(C(=O)O)nn1. The van der Waals surface area contributed by atoms with Gasteiger partial charge in [0.15, 0.2) is 5.69 Å². The second-order valence-electron chi connectivity index (χ2n) is 3.59. The average molecular weight is 196 g/mol. The van der Waals surface area contributed by atoms with Gasteiger partial charge in [0, 0.05) is 6.54 Å². The van der Waals surface area contributed by atoms with Crippen LogP contribution in [-0.2, 0) is 0 Å². The number of nitrogens with one attached hydrogen (secondary N) is 1. The number of carboxylic acids is 1. The number of carboxylic acid groups (broad SMARTS) is 1. The largest absolute Gasteiger partial charge is 0.476 e. The molecule has 6 nitrogen and oxygen atoms in total. The Balaban J connectivity index is 2.20. The van der Waals surface area contributed by atoms with Crippen LogP contribution in [0.3, 0.4) is 0 Å². The van der Waals surface area contributed by atoms with Crippen molar-refractivity contribution in [2.45, 2.75) is 13.0 Å². The topological polar surface area (TPSA) is 80.0 Å². The molecule has 0 aliphatic carbocycles. The Morgan fingerprint density at radius 2 is 2.50 bits per heavy atom. The van der Waals surface area contributed by atoms with Gasteiger partial charge < -0.3 is 10.4 Å². The molecule has 6 heteroatoms. The Labute approximate surface area is 80.9 Å². The van der Waals surface area contributed by atoms with Crippen LogP contribution in [0.5, 0.6) is 0 Å². The van der Waals surface area contributed by atoms with E-state index in [1.54, 1.807) is 4.68 Å². The molecule has 14 heavy (non-hydrogen) atoms. The third-order valence-corrected chi connectivity index (χ3v) is 2.55. The first-order chi connectivity index (χ1) is 6.68. The van der Waals surface area contributed by atoms with E-state index in [1.165, 1.54) is 6.20 Å². The summed E-state index contributed by atoms with van der Waals surface area (Å²) in [6, 6.07) is 0.218. The van der Waals surface area contributed by atoms with Gasteiger partial charge >= 0.3 is 5.97 Å². The number of rotatable bonds is 2. The normalized spacial score (nSPS) is 26.6. The second-order valence-corrected chi connectivity index (χ2v) is 3.59. The highest BCUT2D eigenvalue weighted by Crippen LogP contribution is 2.20. The molecule has 1 fully saturated rings. The number of hydrogen-bond donors (Lipinski definition) is 2. The first-order valence-corrected chi connectivity index (χ1v) is 4.54. The molecule has 1 aromatic heterocycles. The van der Waals surface area contributed by atoms with E-state index < -0.39 is 5.97 Å². The predicted molar refractivity (Wildman–Crippen MR) is 48.1 cm³/mol. The van der Waals surface area contributed by atoms with Gasteiger partial charge in [-0.1, -0.05) is 12.1 Å². The van der Waals surface area contributed by atoms with Crippen LogP contribution in [0.4, 0.5) is 0 Å². The molecular weight excluding hydrogens is 184 g/mol. The molecule has 0 unspecified atom stereocenters. The summed E-state index contributed by atoms with van der Waals surface area (Å²) in [5, 5.41) is 19.3. The van der Waals surface area contributed by atoms with Crippen molar-refractivity contribution in [2.75, 3.05) is 13.1 Å². The fourth-order valence-corrected chi connectivity index (χ4v) is 1.69. The standard InChI is InChI=1S/C8H12N4O2/c1-5-2-9-3-7(5)12-4-6(8(13)14)10-11-12/h4-5,7,9H,2-3H2,1H3,(H,13,14)/t5-,7-/m1/s1. The number of aromatic carboxylic acids is 1. The molecule has 0 bridgehead atoms. The van der Waals surface area contributed by atoms with E-state index in [4.69, 9.17) is 5.11 Å². The zero-order valence-corrected chi connectivity index (χ0v) is 7.84. The van der Waals surface area contributed by atoms with Crippen molar-refractivity contribution in [3.63, 3.8) is 0 Å². The molecule has 1 aromatic rings. The number of carbonyl (C=O) groups is 1. The lowest BCUT2D eigenvalue weighted by molar-refractivity contribution is 0.0690. The Hall–Kier alpha value is -1.43. The fraction of sp³-hybridized carbons (Fsp3) is 0.625. The van der Waals surface area contributed by atoms with Crippen molar-refractivity contribution < 1.29 is 9.90 Å². The van der Waals surface area contributed by atoms with Crippen LogP contribution in [0.25, 0.3) is 0 Å². The van der Waals surface area contributed by atoms with Crippen molar-refractivity contribution in [3.8, 4) is 0 Å². The lowest BCUT2D eigenvalue weighted by atomic mass is 10.1. The zero-order chi connectivity index (χ0) is 10.1. The van der Waals surface area contributed by atoms with Crippen LogP contribution >= 0.6 is 0 Å². The van der Waals surface area contributed by atoms with Gasteiger partial charge in [0.25, 0.3) is 0 Å². The molecular formula is C8H12N4O2. The second kappa shape index (κ2) is 3.38. The maximum Gasteiger partial charge on any atom is 0.358 e. The van der Waals surface area contributed by atoms with E-state index in [0.717, 1.165) is 13.1 Å². The maximum atomic E-state index is 10.6. The molecule has 0 radical (unpaired) electrons. The molecule has 0 saturated carbocycles. The van der Waals surface area contributed by atoms with E-state index in [9.17, 15) is 4.79 Å². The molecule has 0 aromatic carbocycles. The minimum atomic E-state index is -1.03. The van der Waals surface area contributed by atoms with E-state index in [0.29, 0.717) is 5.92 Å². The van der Waals surface area contributed by atoms with E-state index in [-0.39, 0.29) is 11.7 Å². The van der Waals surface area contributed by atoms with Gasteiger partial charge in [0.05, 0.1) is 12.2 Å². The monoisotopic (exact) mass is 196 g/mol. The van der Waals surface area contributed by atoms with E-state index >= 15 is 0 Å². The predicted octanol–water partition coefficient (Wildman–Crippen LogP) is -0.243. The fourth-order valence-electron chi connectivity index (χ4n) is 1.69. The van der Waals surface area contributed by atoms with Crippen LogP contribution in [0.15, 0.2) is 6.20 Å². The Kier molecular flexibility index (Phi) is 2.20. The molecule has 2 heterocycles. The molecule has 76 valence electrons. The zero-order valence-electron chi connectivity index (χ0n) is 7.84. The summed E-state index contributed by atoms with van der Waals surface area (Å²) in [5.74, 6) is -0.576. The first-order valence-electron chi connectivity index (χ1n) is 4.54. The van der Waals surface area contributed by atoms with Crippen molar-refractivity contribution in [3.05, 3.63) is 11.9 Å². The quantitative estimate of drug-likeness (QED) is 0.682. The first kappa shape index (κ1) is 9.14. The summed E-state index contributed by atoms with van der Waals surface area (Å²) in [4.78, 5) is 10.6. The summed E-state index contributed by atoms with van der Waals surface area (Å²) in [6.07, 6.45) is 1.48. The third kappa shape index (κ3) is 1.48. The molecule has 2 N–H and O–H groups in total. The van der Waals surface area contributed by atoms with Crippen LogP contribution in [-0.4, -0.2) is 39.2 Å². The highest BCUT2D eigenvalue weighted by Gasteiger charge is 2.26. The summed E-state index contributed by atoms with van der Waals surface area (Å²) in [5.41, 5.74) is 0.00380. The maximum absolute atomic E-state index is 10.6. The average Bonchev–Trinajstić information content (AvgIpc) is 2.71. The molecule has 0 amide bonds. The molecule has 2 atom stereocenters. The molecule has 1 aliphatic heterocycles. The minimum Gasteiger partial charge on any atom is -0.476 e. The molecule has 1 saturated heterocycles. The van der Waals surface area contributed by atoms with Gasteiger partial charge in [0.1, 0.15) is 0 Å². The van der Waals surface area contributed by atoms with E-state index in [2.05, 4.69) is 22.6 Å². The van der Waals surface area contributed by atoms with Gasteiger partial charge in [-0.3, -0.25) is 0 Å². The highest BCUT2D eigenvalue weighted by atomic mass is 16.4. The van der Waals surface area contributed by atoms with Gasteiger partial charge in [-0.25, -0.2) is 9.48 Å². The van der Waals surface area contributed by atoms with Crippen molar-refractivity contribution in [1.29, 1.82) is 0 Å². The lowest BCUT2D eigenvalue weighted by Gasteiger charge is -2.12. The number of nitrogens with zero attached hydrogens (tertiary/aromatic N) is 3. The number of hydrogen-bond acceptors (Lipinski definition) is 4. The Bertz CT molecular complexity index is 349. The van der Waals surface area contributed by atoms with Crippen LogP contribution in [0, 0.1) is 5.92 Å². The summed E-state index contributed by atoms with van der Waals surface area (Å²) in [6.45, 7) is 3.86. The minimum absolute atomic E-state index is 0.00380. The third-order valence-electron chi connectivity index (χ3n) is 2.55.